The number of hydrogen-bond donors (Lipinski definition) is 0. The van der Waals surface area contributed by atoms with Crippen molar-refractivity contribution in [3.8, 4) is 0 Å². The molecule has 3 aliphatic rings. The maximum atomic E-state index is 12.0. The summed E-state index contributed by atoms with van der Waals surface area (Å²) in [4.78, 5) is 25.5. The standard InChI is InChI=1S/C19H29NO2/c1-13-14(2)19(22)20(18(13)21)10-6-4-3-5-7-16-11-15-8-9-17(16)12-15/h8-9,13-17H,3-7,10-12H2,1-2H3. The number of fused-ring (bicyclic) bond motifs is 2. The van der Waals surface area contributed by atoms with E-state index in [0.717, 1.165) is 30.6 Å². The molecule has 3 nitrogen and oxygen atoms in total. The van der Waals surface area contributed by atoms with Crippen LogP contribution in [0.25, 0.3) is 0 Å². The Morgan fingerprint density at radius 1 is 0.955 bits per heavy atom. The molecular weight excluding hydrogens is 274 g/mol. The van der Waals surface area contributed by atoms with Crippen LogP contribution in [-0.2, 0) is 9.59 Å². The van der Waals surface area contributed by atoms with E-state index in [0.29, 0.717) is 6.54 Å². The Kier molecular flexibility index (Phi) is 4.70. The summed E-state index contributed by atoms with van der Waals surface area (Å²) < 4.78 is 0. The molecule has 1 aliphatic heterocycles. The van der Waals surface area contributed by atoms with Gasteiger partial charge in [0.1, 0.15) is 0 Å². The number of allylic oxidation sites excluding steroid dienone is 2. The molecule has 3 heteroatoms. The molecule has 1 saturated carbocycles. The number of amides is 2. The Labute approximate surface area is 134 Å². The maximum Gasteiger partial charge on any atom is 0.232 e. The van der Waals surface area contributed by atoms with E-state index in [1.165, 1.54) is 37.0 Å². The number of carbonyl (C=O) groups excluding carboxylic acids is 2. The molecule has 0 aromatic rings. The van der Waals surface area contributed by atoms with Gasteiger partial charge in [0.05, 0.1) is 0 Å². The van der Waals surface area contributed by atoms with Crippen molar-refractivity contribution in [2.45, 2.75) is 58.8 Å². The van der Waals surface area contributed by atoms with Crippen LogP contribution in [0.3, 0.4) is 0 Å². The van der Waals surface area contributed by atoms with Crippen LogP contribution in [0.2, 0.25) is 0 Å². The van der Waals surface area contributed by atoms with Crippen LogP contribution in [0.1, 0.15) is 58.8 Å². The summed E-state index contributed by atoms with van der Waals surface area (Å²) in [5.74, 6) is 2.49. The number of hydrogen-bond acceptors (Lipinski definition) is 2. The SMILES string of the molecule is CC1C(=O)N(CCCCCCC2CC3C=CC2C3)C(=O)C1C. The fourth-order valence-corrected chi connectivity index (χ4v) is 4.50. The lowest BCUT2D eigenvalue weighted by Crippen LogP contribution is -2.31. The second kappa shape index (κ2) is 6.55. The molecule has 22 heavy (non-hydrogen) atoms. The Morgan fingerprint density at radius 3 is 2.23 bits per heavy atom. The van der Waals surface area contributed by atoms with Gasteiger partial charge in [-0.05, 0) is 43.4 Å². The average Bonchev–Trinajstić information content (AvgIpc) is 3.18. The molecule has 5 unspecified atom stereocenters. The number of unbranched alkanes of at least 4 members (excludes halogenated alkanes) is 3. The van der Waals surface area contributed by atoms with Gasteiger partial charge in [-0.25, -0.2) is 0 Å². The van der Waals surface area contributed by atoms with Crippen molar-refractivity contribution in [3.63, 3.8) is 0 Å². The predicted molar refractivity (Wildman–Crippen MR) is 87.0 cm³/mol. The molecule has 0 aromatic carbocycles. The highest BCUT2D eigenvalue weighted by molar-refractivity contribution is 6.04. The van der Waals surface area contributed by atoms with E-state index in [1.807, 2.05) is 13.8 Å². The monoisotopic (exact) mass is 303 g/mol. The van der Waals surface area contributed by atoms with Crippen LogP contribution in [0.15, 0.2) is 12.2 Å². The molecule has 2 amide bonds. The van der Waals surface area contributed by atoms with Gasteiger partial charge in [-0.2, -0.15) is 0 Å². The lowest BCUT2D eigenvalue weighted by molar-refractivity contribution is -0.139. The molecule has 2 aliphatic carbocycles. The van der Waals surface area contributed by atoms with Crippen LogP contribution < -0.4 is 0 Å². The minimum atomic E-state index is -0.127. The van der Waals surface area contributed by atoms with Gasteiger partial charge in [0, 0.05) is 18.4 Å². The molecule has 122 valence electrons. The lowest BCUT2D eigenvalue weighted by Gasteiger charge is -2.18. The fourth-order valence-electron chi connectivity index (χ4n) is 4.50. The molecule has 0 spiro atoms. The summed E-state index contributed by atoms with van der Waals surface area (Å²) >= 11 is 0. The maximum absolute atomic E-state index is 12.0. The molecular formula is C19H29NO2. The van der Waals surface area contributed by atoms with Crippen LogP contribution >= 0.6 is 0 Å². The summed E-state index contributed by atoms with van der Waals surface area (Å²) in [6.07, 6.45) is 13.7. The van der Waals surface area contributed by atoms with E-state index in [1.54, 1.807) is 0 Å². The van der Waals surface area contributed by atoms with Crippen molar-refractivity contribution in [1.82, 2.24) is 4.90 Å². The number of nitrogens with zero attached hydrogens (tertiary/aromatic N) is 1. The van der Waals surface area contributed by atoms with Crippen molar-refractivity contribution >= 4 is 11.8 Å². The van der Waals surface area contributed by atoms with Crippen molar-refractivity contribution in [3.05, 3.63) is 12.2 Å². The third-order valence-corrected chi connectivity index (χ3v) is 6.18. The van der Waals surface area contributed by atoms with Crippen molar-refractivity contribution in [1.29, 1.82) is 0 Å². The van der Waals surface area contributed by atoms with Crippen LogP contribution in [-0.4, -0.2) is 23.3 Å². The summed E-state index contributed by atoms with van der Waals surface area (Å²) in [5.41, 5.74) is 0. The number of carbonyl (C=O) groups is 2. The summed E-state index contributed by atoms with van der Waals surface area (Å²) in [7, 11) is 0. The van der Waals surface area contributed by atoms with Gasteiger partial charge >= 0.3 is 0 Å². The van der Waals surface area contributed by atoms with Gasteiger partial charge in [-0.1, -0.05) is 45.3 Å². The summed E-state index contributed by atoms with van der Waals surface area (Å²) in [6.45, 7) is 4.37. The quantitative estimate of drug-likeness (QED) is 0.408. The van der Waals surface area contributed by atoms with E-state index in [4.69, 9.17) is 0 Å². The first kappa shape index (κ1) is 15.8. The largest absolute Gasteiger partial charge is 0.282 e. The summed E-state index contributed by atoms with van der Waals surface area (Å²) in [6, 6.07) is 0. The minimum absolute atomic E-state index is 0.0336. The molecule has 3 rings (SSSR count). The van der Waals surface area contributed by atoms with E-state index >= 15 is 0 Å². The molecule has 2 fully saturated rings. The van der Waals surface area contributed by atoms with Gasteiger partial charge < -0.3 is 0 Å². The van der Waals surface area contributed by atoms with Gasteiger partial charge in [-0.15, -0.1) is 0 Å². The number of imide groups is 1. The third kappa shape index (κ3) is 3.00. The highest BCUT2D eigenvalue weighted by Gasteiger charge is 2.41. The van der Waals surface area contributed by atoms with E-state index in [-0.39, 0.29) is 23.7 Å². The first-order chi connectivity index (χ1) is 10.6. The second-order valence-corrected chi connectivity index (χ2v) is 7.65. The normalized spacial score (nSPS) is 36.8. The first-order valence-corrected chi connectivity index (χ1v) is 9.11. The van der Waals surface area contributed by atoms with Gasteiger partial charge in [0.25, 0.3) is 0 Å². The highest BCUT2D eigenvalue weighted by atomic mass is 16.2. The Hall–Kier alpha value is -1.12. The molecule has 0 radical (unpaired) electrons. The zero-order chi connectivity index (χ0) is 15.7. The molecule has 1 saturated heterocycles. The molecule has 0 N–H and O–H groups in total. The van der Waals surface area contributed by atoms with E-state index in [2.05, 4.69) is 12.2 Å². The lowest BCUT2D eigenvalue weighted by atomic mass is 9.88. The zero-order valence-corrected chi connectivity index (χ0v) is 14.0. The molecule has 5 atom stereocenters. The Bertz CT molecular complexity index is 450. The number of rotatable bonds is 7. The zero-order valence-electron chi connectivity index (χ0n) is 14.0. The third-order valence-electron chi connectivity index (χ3n) is 6.18. The van der Waals surface area contributed by atoms with Crippen LogP contribution in [0.4, 0.5) is 0 Å². The van der Waals surface area contributed by atoms with Gasteiger partial charge in [0.15, 0.2) is 0 Å². The minimum Gasteiger partial charge on any atom is -0.282 e. The summed E-state index contributed by atoms with van der Waals surface area (Å²) in [5, 5.41) is 0. The average molecular weight is 303 g/mol. The van der Waals surface area contributed by atoms with Crippen molar-refractivity contribution < 1.29 is 9.59 Å². The molecule has 1 heterocycles. The van der Waals surface area contributed by atoms with E-state index in [9.17, 15) is 9.59 Å². The van der Waals surface area contributed by atoms with Crippen LogP contribution in [0, 0.1) is 29.6 Å². The molecule has 0 aromatic heterocycles. The van der Waals surface area contributed by atoms with Crippen molar-refractivity contribution in [2.24, 2.45) is 29.6 Å². The smallest absolute Gasteiger partial charge is 0.232 e. The first-order valence-electron chi connectivity index (χ1n) is 9.11. The second-order valence-electron chi connectivity index (χ2n) is 7.65. The Balaban J connectivity index is 1.29. The highest BCUT2D eigenvalue weighted by Crippen LogP contribution is 2.45. The van der Waals surface area contributed by atoms with Gasteiger partial charge in [0.2, 0.25) is 11.8 Å². The Morgan fingerprint density at radius 2 is 1.64 bits per heavy atom. The predicted octanol–water partition coefficient (Wildman–Crippen LogP) is 3.79. The number of likely N-dealkylation sites (tertiary alicyclic amines) is 1. The molecule has 2 bridgehead atoms. The van der Waals surface area contributed by atoms with E-state index < -0.39 is 0 Å². The topological polar surface area (TPSA) is 37.4 Å². The van der Waals surface area contributed by atoms with Crippen LogP contribution in [0.5, 0.6) is 0 Å². The fraction of sp³-hybridized carbons (Fsp3) is 0.789. The van der Waals surface area contributed by atoms with Crippen molar-refractivity contribution in [2.75, 3.05) is 6.54 Å². The van der Waals surface area contributed by atoms with Gasteiger partial charge in [-0.3, -0.25) is 14.5 Å².